The van der Waals surface area contributed by atoms with E-state index in [9.17, 15) is 14.4 Å². The van der Waals surface area contributed by atoms with Crippen molar-refractivity contribution in [2.24, 2.45) is 0 Å². The summed E-state index contributed by atoms with van der Waals surface area (Å²) in [5.74, 6) is -1.05. The van der Waals surface area contributed by atoms with Gasteiger partial charge in [0.15, 0.2) is 11.8 Å². The molecule has 1 heterocycles. The number of hydrogen-bond acceptors (Lipinski definition) is 6. The maximum atomic E-state index is 14.0. The van der Waals surface area contributed by atoms with Crippen molar-refractivity contribution in [1.29, 1.82) is 0 Å². The Morgan fingerprint density at radius 1 is 1.03 bits per heavy atom. The molecule has 2 aromatic carbocycles. The third-order valence-electron chi connectivity index (χ3n) is 5.58. The van der Waals surface area contributed by atoms with Crippen molar-refractivity contribution in [3.05, 3.63) is 59.7 Å². The normalized spacial score (nSPS) is 16.8. The number of urea groups is 1. The molecule has 0 radical (unpaired) electrons. The van der Waals surface area contributed by atoms with Crippen molar-refractivity contribution in [1.82, 2.24) is 10.8 Å². The Morgan fingerprint density at radius 2 is 1.69 bits per heavy atom. The van der Waals surface area contributed by atoms with Gasteiger partial charge in [0.2, 0.25) is 5.91 Å². The second-order valence-corrected chi connectivity index (χ2v) is 8.03. The van der Waals surface area contributed by atoms with Crippen molar-refractivity contribution >= 4 is 29.2 Å². The molecule has 0 aliphatic carbocycles. The second-order valence-electron chi connectivity index (χ2n) is 8.03. The molecule has 10 heteroatoms. The van der Waals surface area contributed by atoms with Gasteiger partial charge in [-0.1, -0.05) is 35.9 Å². The van der Waals surface area contributed by atoms with E-state index in [0.29, 0.717) is 30.2 Å². The first kappa shape index (κ1) is 26.1. The number of aryl methyl sites for hydroxylation is 1. The fourth-order valence-corrected chi connectivity index (χ4v) is 4.10. The Labute approximate surface area is 204 Å². The van der Waals surface area contributed by atoms with Crippen LogP contribution < -0.4 is 21.0 Å². The molecule has 35 heavy (non-hydrogen) atoms. The number of hydrogen-bond donors (Lipinski definition) is 3. The summed E-state index contributed by atoms with van der Waals surface area (Å²) in [6.07, 6.45) is -1.05. The highest BCUT2D eigenvalue weighted by molar-refractivity contribution is 6.12. The smallest absolute Gasteiger partial charge is 0.320 e. The quantitative estimate of drug-likeness (QED) is 0.333. The minimum atomic E-state index is -1.67. The summed E-state index contributed by atoms with van der Waals surface area (Å²) in [6.45, 7) is 6.49. The Hall–Kier alpha value is -3.47. The van der Waals surface area contributed by atoms with Gasteiger partial charge < -0.3 is 25.0 Å². The summed E-state index contributed by atoms with van der Waals surface area (Å²) in [7, 11) is 1.30. The average molecular weight is 485 g/mol. The van der Waals surface area contributed by atoms with Gasteiger partial charge in [-0.05, 0) is 39.0 Å². The molecule has 0 spiro atoms. The van der Waals surface area contributed by atoms with E-state index >= 15 is 0 Å². The molecule has 1 aliphatic heterocycles. The Bertz CT molecular complexity index is 1040. The molecule has 4 amide bonds. The minimum absolute atomic E-state index is 0.0897. The second kappa shape index (κ2) is 11.8. The summed E-state index contributed by atoms with van der Waals surface area (Å²) in [6, 6.07) is 13.6. The first-order valence-corrected chi connectivity index (χ1v) is 11.5. The zero-order valence-electron chi connectivity index (χ0n) is 20.4. The van der Waals surface area contributed by atoms with Gasteiger partial charge in [-0.15, -0.1) is 0 Å². The molecule has 0 fully saturated rings. The third kappa shape index (κ3) is 5.97. The van der Waals surface area contributed by atoms with Crippen molar-refractivity contribution < 1.29 is 28.7 Å². The SMILES string of the molecule is CCOC(CN1C(=O)C(CC(=O)NOC)(NC(=O)Nc2ccc(C)cc2)c2ccccc21)OCC. The van der Waals surface area contributed by atoms with Gasteiger partial charge in [0.05, 0.1) is 25.8 Å². The molecule has 10 nitrogen and oxygen atoms in total. The van der Waals surface area contributed by atoms with Crippen LogP contribution in [0, 0.1) is 6.92 Å². The fraction of sp³-hybridized carbons (Fsp3) is 0.400. The molecule has 2 aromatic rings. The van der Waals surface area contributed by atoms with Crippen LogP contribution in [0.25, 0.3) is 0 Å². The summed E-state index contributed by atoms with van der Waals surface area (Å²) in [5, 5.41) is 5.52. The number of nitrogens with one attached hydrogen (secondary N) is 3. The first-order chi connectivity index (χ1) is 16.8. The lowest BCUT2D eigenvalue weighted by molar-refractivity contribution is -0.140. The van der Waals surface area contributed by atoms with E-state index in [4.69, 9.17) is 14.3 Å². The monoisotopic (exact) mass is 484 g/mol. The summed E-state index contributed by atoms with van der Waals surface area (Å²) < 4.78 is 11.3. The van der Waals surface area contributed by atoms with E-state index in [1.54, 1.807) is 36.4 Å². The van der Waals surface area contributed by atoms with Crippen LogP contribution >= 0.6 is 0 Å². The molecular weight excluding hydrogens is 452 g/mol. The van der Waals surface area contributed by atoms with Gasteiger partial charge in [0.25, 0.3) is 5.91 Å². The van der Waals surface area contributed by atoms with Crippen LogP contribution in [0.3, 0.4) is 0 Å². The minimum Gasteiger partial charge on any atom is -0.351 e. The number of para-hydroxylation sites is 1. The number of amides is 4. The van der Waals surface area contributed by atoms with Crippen LogP contribution in [-0.4, -0.2) is 51.0 Å². The van der Waals surface area contributed by atoms with Crippen molar-refractivity contribution in [2.75, 3.05) is 37.1 Å². The van der Waals surface area contributed by atoms with Gasteiger partial charge in [0.1, 0.15) is 0 Å². The molecule has 0 aromatic heterocycles. The number of nitrogens with zero attached hydrogens (tertiary/aromatic N) is 1. The molecule has 0 saturated carbocycles. The third-order valence-corrected chi connectivity index (χ3v) is 5.58. The number of hydroxylamine groups is 1. The number of carbonyl (C=O) groups is 3. The van der Waals surface area contributed by atoms with Crippen molar-refractivity contribution in [3.8, 4) is 0 Å². The van der Waals surface area contributed by atoms with Gasteiger partial charge in [-0.25, -0.2) is 10.3 Å². The summed E-state index contributed by atoms with van der Waals surface area (Å²) >= 11 is 0. The van der Waals surface area contributed by atoms with Crippen LogP contribution in [0.5, 0.6) is 0 Å². The van der Waals surface area contributed by atoms with E-state index in [2.05, 4.69) is 16.1 Å². The largest absolute Gasteiger partial charge is 0.351 e. The maximum Gasteiger partial charge on any atom is 0.320 e. The predicted molar refractivity (Wildman–Crippen MR) is 131 cm³/mol. The molecule has 188 valence electrons. The number of benzene rings is 2. The Balaban J connectivity index is 1.98. The molecular formula is C25H32N4O6. The number of ether oxygens (including phenoxy) is 2. The standard InChI is InChI=1S/C25H32N4O6/c1-5-34-22(35-6-2)16-29-20-10-8-7-9-19(20)25(23(29)31,15-21(30)28-33-4)27-24(32)26-18-13-11-17(3)12-14-18/h7-14,22H,5-6,15-16H2,1-4H3,(H,28,30)(H2,26,27,32). The molecule has 0 bridgehead atoms. The van der Waals surface area contributed by atoms with Crippen LogP contribution in [0.4, 0.5) is 16.2 Å². The Morgan fingerprint density at radius 3 is 2.31 bits per heavy atom. The average Bonchev–Trinajstić information content (AvgIpc) is 3.04. The number of rotatable bonds is 11. The molecule has 3 N–H and O–H groups in total. The van der Waals surface area contributed by atoms with Gasteiger partial charge >= 0.3 is 6.03 Å². The summed E-state index contributed by atoms with van der Waals surface area (Å²) in [5.41, 5.74) is 3.21. The highest BCUT2D eigenvalue weighted by Gasteiger charge is 2.53. The molecule has 1 atom stereocenters. The van der Waals surface area contributed by atoms with Crippen LogP contribution in [0.15, 0.2) is 48.5 Å². The first-order valence-electron chi connectivity index (χ1n) is 11.5. The van der Waals surface area contributed by atoms with Gasteiger partial charge in [0, 0.05) is 24.5 Å². The fourth-order valence-electron chi connectivity index (χ4n) is 4.10. The number of fused-ring (bicyclic) bond motifs is 1. The zero-order chi connectivity index (χ0) is 25.4. The number of carbonyl (C=O) groups excluding carboxylic acids is 3. The van der Waals surface area contributed by atoms with Crippen molar-refractivity contribution in [3.63, 3.8) is 0 Å². The lowest BCUT2D eigenvalue weighted by Gasteiger charge is -2.30. The topological polar surface area (TPSA) is 118 Å². The highest BCUT2D eigenvalue weighted by atomic mass is 16.7. The van der Waals surface area contributed by atoms with Crippen molar-refractivity contribution in [2.45, 2.75) is 39.0 Å². The van der Waals surface area contributed by atoms with E-state index in [1.807, 2.05) is 32.9 Å². The van der Waals surface area contributed by atoms with Crippen LogP contribution in [0.1, 0.15) is 31.4 Å². The van der Waals surface area contributed by atoms with Crippen LogP contribution in [0.2, 0.25) is 0 Å². The Kier molecular flexibility index (Phi) is 8.80. The van der Waals surface area contributed by atoms with E-state index in [1.165, 1.54) is 12.0 Å². The van der Waals surface area contributed by atoms with E-state index in [-0.39, 0.29) is 13.0 Å². The molecule has 1 unspecified atom stereocenters. The van der Waals surface area contributed by atoms with E-state index < -0.39 is 29.7 Å². The lowest BCUT2D eigenvalue weighted by atomic mass is 9.87. The van der Waals surface area contributed by atoms with E-state index in [0.717, 1.165) is 5.56 Å². The predicted octanol–water partition coefficient (Wildman–Crippen LogP) is 2.83. The highest BCUT2D eigenvalue weighted by Crippen LogP contribution is 2.42. The summed E-state index contributed by atoms with van der Waals surface area (Å²) in [4.78, 5) is 45.9. The zero-order valence-corrected chi connectivity index (χ0v) is 20.4. The van der Waals surface area contributed by atoms with Crippen LogP contribution in [-0.2, 0) is 29.4 Å². The lowest BCUT2D eigenvalue weighted by Crippen LogP contribution is -2.57. The molecule has 3 rings (SSSR count). The molecule has 1 aliphatic rings. The number of anilines is 2. The van der Waals surface area contributed by atoms with Gasteiger partial charge in [-0.2, -0.15) is 0 Å². The molecule has 0 saturated heterocycles. The van der Waals surface area contributed by atoms with Gasteiger partial charge in [-0.3, -0.25) is 14.4 Å². The maximum absolute atomic E-state index is 14.0.